The molecule has 10 heavy (non-hydrogen) atoms. The number of likely N-dealkylation sites (N-methyl/N-ethyl adjacent to an activating group) is 1. The number of epoxide rings is 1. The molecule has 1 rings (SSSR count). The second-order valence-corrected chi connectivity index (χ2v) is 3.34. The highest BCUT2D eigenvalue weighted by molar-refractivity contribution is 4.71. The first-order valence-electron chi connectivity index (χ1n) is 4.13. The van der Waals surface area contributed by atoms with E-state index in [0.29, 0.717) is 12.3 Å². The van der Waals surface area contributed by atoms with Crippen LogP contribution in [-0.4, -0.2) is 37.0 Å². The molecular weight excluding hydrogens is 126 g/mol. The average Bonchev–Trinajstić information content (AvgIpc) is 2.66. The van der Waals surface area contributed by atoms with Crippen molar-refractivity contribution in [2.24, 2.45) is 0 Å². The topological polar surface area (TPSA) is 12.5 Å². The molecular formula is C8H18NO+. The van der Waals surface area contributed by atoms with E-state index in [1.165, 1.54) is 13.1 Å². The van der Waals surface area contributed by atoms with Gasteiger partial charge >= 0.3 is 0 Å². The molecule has 0 aromatic carbocycles. The smallest absolute Gasteiger partial charge is 0.220 e. The largest absolute Gasteiger partial charge is 0.315 e. The highest BCUT2D eigenvalue weighted by Crippen LogP contribution is 2.29. The Bertz CT molecular complexity index is 120. The van der Waals surface area contributed by atoms with E-state index in [0.717, 1.165) is 4.48 Å². The van der Waals surface area contributed by atoms with E-state index in [1.807, 2.05) is 0 Å². The molecule has 0 saturated carbocycles. The summed E-state index contributed by atoms with van der Waals surface area (Å²) in [5, 5.41) is 0. The number of hydrogen-bond donors (Lipinski definition) is 0. The van der Waals surface area contributed by atoms with Crippen LogP contribution in [0.25, 0.3) is 0 Å². The van der Waals surface area contributed by atoms with E-state index >= 15 is 0 Å². The van der Waals surface area contributed by atoms with Crippen LogP contribution in [0.1, 0.15) is 20.8 Å². The minimum absolute atomic E-state index is 0.481. The molecule has 2 atom stereocenters. The number of rotatable bonds is 3. The summed E-state index contributed by atoms with van der Waals surface area (Å²) in [6.07, 6.45) is 0.972. The van der Waals surface area contributed by atoms with Crippen molar-refractivity contribution in [2.45, 2.75) is 33.1 Å². The van der Waals surface area contributed by atoms with Crippen LogP contribution in [0.3, 0.4) is 0 Å². The molecule has 0 bridgehead atoms. The fourth-order valence-electron chi connectivity index (χ4n) is 1.41. The lowest BCUT2D eigenvalue weighted by Crippen LogP contribution is -2.46. The Hall–Kier alpha value is -0.0800. The number of hydrogen-bond acceptors (Lipinski definition) is 1. The van der Waals surface area contributed by atoms with E-state index in [4.69, 9.17) is 4.74 Å². The fraction of sp³-hybridized carbons (Fsp3) is 1.00. The third kappa shape index (κ3) is 1.18. The van der Waals surface area contributed by atoms with Crippen molar-refractivity contribution in [3.63, 3.8) is 0 Å². The Morgan fingerprint density at radius 1 is 1.30 bits per heavy atom. The van der Waals surface area contributed by atoms with Gasteiger partial charge in [0.2, 0.25) is 6.23 Å². The first-order valence-corrected chi connectivity index (χ1v) is 4.13. The van der Waals surface area contributed by atoms with Gasteiger partial charge in [-0.2, -0.15) is 0 Å². The molecule has 2 heteroatoms. The summed E-state index contributed by atoms with van der Waals surface area (Å²) in [6.45, 7) is 8.93. The van der Waals surface area contributed by atoms with Crippen molar-refractivity contribution in [1.29, 1.82) is 0 Å². The minimum Gasteiger partial charge on any atom is -0.315 e. The van der Waals surface area contributed by atoms with Gasteiger partial charge in [-0.15, -0.1) is 0 Å². The molecule has 1 aliphatic rings. The highest BCUT2D eigenvalue weighted by Gasteiger charge is 2.48. The quantitative estimate of drug-likeness (QED) is 0.428. The molecule has 2 unspecified atom stereocenters. The fourth-order valence-corrected chi connectivity index (χ4v) is 1.41. The zero-order valence-electron chi connectivity index (χ0n) is 7.42. The Morgan fingerprint density at radius 3 is 1.80 bits per heavy atom. The van der Waals surface area contributed by atoms with Gasteiger partial charge in [-0.05, 0) is 20.8 Å². The van der Waals surface area contributed by atoms with Crippen molar-refractivity contribution < 1.29 is 9.22 Å². The molecule has 0 radical (unpaired) electrons. The van der Waals surface area contributed by atoms with Gasteiger partial charge in [0.1, 0.15) is 6.10 Å². The summed E-state index contributed by atoms with van der Waals surface area (Å²) in [6, 6.07) is 0. The van der Waals surface area contributed by atoms with Crippen LogP contribution in [0.2, 0.25) is 0 Å². The maximum Gasteiger partial charge on any atom is 0.220 e. The molecule has 1 heterocycles. The van der Waals surface area contributed by atoms with Gasteiger partial charge in [-0.25, -0.2) is 0 Å². The summed E-state index contributed by atoms with van der Waals surface area (Å²) in [4.78, 5) is 0. The summed E-state index contributed by atoms with van der Waals surface area (Å²) < 4.78 is 6.51. The van der Waals surface area contributed by atoms with Crippen LogP contribution in [0.15, 0.2) is 0 Å². The Kier molecular flexibility index (Phi) is 2.02. The van der Waals surface area contributed by atoms with Crippen LogP contribution in [0.4, 0.5) is 0 Å². The van der Waals surface area contributed by atoms with Gasteiger partial charge in [0.05, 0.1) is 20.1 Å². The molecule has 0 aromatic heterocycles. The summed E-state index contributed by atoms with van der Waals surface area (Å²) in [5.41, 5.74) is 0. The predicted octanol–water partition coefficient (Wildman–Crippen LogP) is 1.22. The summed E-state index contributed by atoms with van der Waals surface area (Å²) in [5.74, 6) is 0. The van der Waals surface area contributed by atoms with Crippen LogP contribution in [-0.2, 0) is 4.74 Å². The zero-order chi connectivity index (χ0) is 7.78. The summed E-state index contributed by atoms with van der Waals surface area (Å²) >= 11 is 0. The van der Waals surface area contributed by atoms with Gasteiger partial charge in [-0.3, -0.25) is 4.48 Å². The van der Waals surface area contributed by atoms with Crippen molar-refractivity contribution in [3.05, 3.63) is 0 Å². The summed E-state index contributed by atoms with van der Waals surface area (Å²) in [7, 11) is 2.26. The van der Waals surface area contributed by atoms with Gasteiger partial charge in [-0.1, -0.05) is 0 Å². The molecule has 60 valence electrons. The average molecular weight is 144 g/mol. The molecule has 0 N–H and O–H groups in total. The van der Waals surface area contributed by atoms with E-state index < -0.39 is 0 Å². The number of ether oxygens (including phenoxy) is 1. The molecule has 1 fully saturated rings. The highest BCUT2D eigenvalue weighted by atomic mass is 16.6. The molecule has 0 aliphatic carbocycles. The molecule has 1 saturated heterocycles. The third-order valence-electron chi connectivity index (χ3n) is 2.74. The molecule has 0 aromatic rings. The van der Waals surface area contributed by atoms with Gasteiger partial charge in [0, 0.05) is 0 Å². The molecule has 0 amide bonds. The van der Waals surface area contributed by atoms with Gasteiger partial charge < -0.3 is 4.74 Å². The molecule has 0 spiro atoms. The van der Waals surface area contributed by atoms with Crippen molar-refractivity contribution in [2.75, 3.05) is 20.1 Å². The zero-order valence-corrected chi connectivity index (χ0v) is 7.42. The van der Waals surface area contributed by atoms with Crippen molar-refractivity contribution in [3.8, 4) is 0 Å². The lowest BCUT2D eigenvalue weighted by molar-refractivity contribution is -0.926. The van der Waals surface area contributed by atoms with E-state index in [1.54, 1.807) is 0 Å². The molecule has 1 aliphatic heterocycles. The maximum absolute atomic E-state index is 5.44. The predicted molar refractivity (Wildman–Crippen MR) is 41.6 cm³/mol. The van der Waals surface area contributed by atoms with Crippen molar-refractivity contribution in [1.82, 2.24) is 0 Å². The SMILES string of the molecule is CC[N+](C)(CC)C1OC1C. The second-order valence-electron chi connectivity index (χ2n) is 3.34. The first-order chi connectivity index (χ1) is 4.64. The van der Waals surface area contributed by atoms with E-state index in [-0.39, 0.29) is 0 Å². The number of nitrogens with zero attached hydrogens (tertiary/aromatic N) is 1. The van der Waals surface area contributed by atoms with Crippen LogP contribution in [0.5, 0.6) is 0 Å². The standard InChI is InChI=1S/C8H18NO/c1-5-9(4,6-2)8-7(3)10-8/h7-8H,5-6H2,1-4H3/q+1. The lowest BCUT2D eigenvalue weighted by atomic mass is 10.3. The molecule has 2 nitrogen and oxygen atoms in total. The van der Waals surface area contributed by atoms with Crippen molar-refractivity contribution >= 4 is 0 Å². The van der Waals surface area contributed by atoms with Crippen LogP contribution >= 0.6 is 0 Å². The first kappa shape index (κ1) is 8.02. The van der Waals surface area contributed by atoms with Crippen LogP contribution in [0, 0.1) is 0 Å². The Labute approximate surface area is 63.4 Å². The normalized spacial score (nSPS) is 32.4. The Morgan fingerprint density at radius 2 is 1.70 bits per heavy atom. The van der Waals surface area contributed by atoms with E-state index in [9.17, 15) is 0 Å². The second kappa shape index (κ2) is 2.51. The maximum atomic E-state index is 5.44. The van der Waals surface area contributed by atoms with Gasteiger partial charge in [0.25, 0.3) is 0 Å². The van der Waals surface area contributed by atoms with Crippen LogP contribution < -0.4 is 0 Å². The minimum atomic E-state index is 0.481. The monoisotopic (exact) mass is 144 g/mol. The lowest BCUT2D eigenvalue weighted by Gasteiger charge is -2.30. The Balaban J connectivity index is 2.48. The third-order valence-corrected chi connectivity index (χ3v) is 2.74. The van der Waals surface area contributed by atoms with Gasteiger partial charge in [0.15, 0.2) is 0 Å². The number of quaternary nitrogens is 1. The van der Waals surface area contributed by atoms with E-state index in [2.05, 4.69) is 27.8 Å².